The zero-order valence-electron chi connectivity index (χ0n) is 18.1. The van der Waals surface area contributed by atoms with E-state index in [0.29, 0.717) is 23.3 Å². The average Bonchev–Trinajstić information content (AvgIpc) is 3.41. The van der Waals surface area contributed by atoms with E-state index in [4.69, 9.17) is 9.15 Å². The number of carbonyl (C=O) groups excluding carboxylic acids is 1. The van der Waals surface area contributed by atoms with Gasteiger partial charge in [0.25, 0.3) is 0 Å². The van der Waals surface area contributed by atoms with Crippen molar-refractivity contribution in [2.75, 3.05) is 11.9 Å². The fraction of sp³-hybridized carbons (Fsp3) is 0.208. The van der Waals surface area contributed by atoms with Crippen molar-refractivity contribution in [1.82, 2.24) is 14.8 Å². The van der Waals surface area contributed by atoms with Gasteiger partial charge in [-0.2, -0.15) is 0 Å². The summed E-state index contributed by atoms with van der Waals surface area (Å²) in [5, 5.41) is 12.0. The van der Waals surface area contributed by atoms with Crippen LogP contribution < -0.4 is 10.1 Å². The second kappa shape index (κ2) is 9.74. The van der Waals surface area contributed by atoms with Gasteiger partial charge in [-0.1, -0.05) is 30.0 Å². The van der Waals surface area contributed by atoms with Crippen LogP contribution in [-0.4, -0.2) is 32.5 Å². The molecule has 4 rings (SSSR count). The molecule has 0 radical (unpaired) electrons. The van der Waals surface area contributed by atoms with Gasteiger partial charge in [0, 0.05) is 11.4 Å². The Kier molecular flexibility index (Phi) is 6.61. The summed E-state index contributed by atoms with van der Waals surface area (Å²) < 4.78 is 12.9. The number of para-hydroxylation sites is 1. The summed E-state index contributed by atoms with van der Waals surface area (Å²) in [5.74, 6) is 2.07. The highest BCUT2D eigenvalue weighted by Crippen LogP contribution is 2.32. The van der Waals surface area contributed by atoms with Gasteiger partial charge >= 0.3 is 0 Å². The van der Waals surface area contributed by atoms with E-state index in [2.05, 4.69) is 15.5 Å². The molecule has 0 spiro atoms. The van der Waals surface area contributed by atoms with Gasteiger partial charge in [0.15, 0.2) is 11.0 Å². The Morgan fingerprint density at radius 3 is 2.53 bits per heavy atom. The van der Waals surface area contributed by atoms with E-state index < -0.39 is 5.25 Å². The molecule has 2 heterocycles. The molecule has 164 valence electrons. The highest BCUT2D eigenvalue weighted by Gasteiger charge is 2.23. The largest absolute Gasteiger partial charge is 0.494 e. The first-order valence-electron chi connectivity index (χ1n) is 10.3. The quantitative estimate of drug-likeness (QED) is 0.366. The van der Waals surface area contributed by atoms with Crippen molar-refractivity contribution in [1.29, 1.82) is 0 Å². The maximum absolute atomic E-state index is 12.8. The minimum atomic E-state index is -0.397. The lowest BCUT2D eigenvalue weighted by atomic mass is 10.2. The molecule has 1 amide bonds. The molecule has 0 aliphatic heterocycles. The summed E-state index contributed by atoms with van der Waals surface area (Å²) in [4.78, 5) is 12.8. The number of ether oxygens (including phenoxy) is 1. The first-order chi connectivity index (χ1) is 15.6. The number of nitrogens with one attached hydrogen (secondary N) is 1. The molecule has 32 heavy (non-hydrogen) atoms. The lowest BCUT2D eigenvalue weighted by Gasteiger charge is -2.14. The van der Waals surface area contributed by atoms with Gasteiger partial charge < -0.3 is 14.5 Å². The molecule has 1 unspecified atom stereocenters. The molecule has 0 fully saturated rings. The van der Waals surface area contributed by atoms with E-state index in [1.807, 2.05) is 86.0 Å². The van der Waals surface area contributed by atoms with Crippen LogP contribution in [0.4, 0.5) is 5.69 Å². The lowest BCUT2D eigenvalue weighted by Crippen LogP contribution is -2.22. The maximum atomic E-state index is 12.8. The fourth-order valence-electron chi connectivity index (χ4n) is 3.20. The molecule has 0 bridgehead atoms. The van der Waals surface area contributed by atoms with E-state index in [0.717, 1.165) is 22.8 Å². The molecule has 2 aromatic carbocycles. The van der Waals surface area contributed by atoms with Crippen LogP contribution in [-0.2, 0) is 4.79 Å². The number of amides is 1. The van der Waals surface area contributed by atoms with Gasteiger partial charge in [-0.15, -0.1) is 10.2 Å². The summed E-state index contributed by atoms with van der Waals surface area (Å²) in [6.07, 6.45) is 1.63. The molecule has 0 saturated heterocycles. The number of hydrogen-bond donors (Lipinski definition) is 1. The fourth-order valence-corrected chi connectivity index (χ4v) is 4.07. The summed E-state index contributed by atoms with van der Waals surface area (Å²) in [6.45, 7) is 6.27. The topological polar surface area (TPSA) is 82.2 Å². The third-order valence-corrected chi connectivity index (χ3v) is 5.87. The Morgan fingerprint density at radius 1 is 1.12 bits per heavy atom. The minimum absolute atomic E-state index is 0.122. The average molecular weight is 449 g/mol. The van der Waals surface area contributed by atoms with E-state index in [1.165, 1.54) is 11.8 Å². The number of hydrogen-bond acceptors (Lipinski definition) is 6. The van der Waals surface area contributed by atoms with Crippen LogP contribution in [0.1, 0.15) is 19.6 Å². The van der Waals surface area contributed by atoms with Gasteiger partial charge in [0.05, 0.1) is 23.7 Å². The van der Waals surface area contributed by atoms with Gasteiger partial charge in [-0.3, -0.25) is 9.36 Å². The number of aromatic nitrogens is 3. The number of furan rings is 1. The molecule has 8 heteroatoms. The highest BCUT2D eigenvalue weighted by molar-refractivity contribution is 8.00. The van der Waals surface area contributed by atoms with Crippen molar-refractivity contribution in [2.45, 2.75) is 31.2 Å². The molecule has 0 aliphatic rings. The first-order valence-corrected chi connectivity index (χ1v) is 11.2. The van der Waals surface area contributed by atoms with Crippen LogP contribution >= 0.6 is 11.8 Å². The summed E-state index contributed by atoms with van der Waals surface area (Å²) in [5.41, 5.74) is 2.49. The summed E-state index contributed by atoms with van der Waals surface area (Å²) >= 11 is 1.35. The second-order valence-corrected chi connectivity index (χ2v) is 8.38. The summed E-state index contributed by atoms with van der Waals surface area (Å²) in [7, 11) is 0. The Morgan fingerprint density at radius 2 is 1.88 bits per heavy atom. The maximum Gasteiger partial charge on any atom is 0.237 e. The van der Waals surface area contributed by atoms with Gasteiger partial charge in [0.1, 0.15) is 11.5 Å². The van der Waals surface area contributed by atoms with Crippen LogP contribution in [0.5, 0.6) is 5.75 Å². The van der Waals surface area contributed by atoms with Crippen LogP contribution in [0.15, 0.2) is 76.5 Å². The molecule has 0 saturated carbocycles. The molecule has 1 atom stereocenters. The molecule has 0 aliphatic carbocycles. The number of rotatable bonds is 8. The Labute approximate surface area is 190 Å². The zero-order valence-corrected chi connectivity index (χ0v) is 18.9. The van der Waals surface area contributed by atoms with Crippen molar-refractivity contribution >= 4 is 23.4 Å². The Hall–Kier alpha value is -3.52. The predicted octanol–water partition coefficient (Wildman–Crippen LogP) is 5.35. The van der Waals surface area contributed by atoms with Crippen LogP contribution in [0.2, 0.25) is 0 Å². The van der Waals surface area contributed by atoms with Gasteiger partial charge in [0.2, 0.25) is 5.91 Å². The van der Waals surface area contributed by atoms with Crippen LogP contribution in [0, 0.1) is 6.92 Å². The van der Waals surface area contributed by atoms with E-state index in [-0.39, 0.29) is 5.91 Å². The Bertz CT molecular complexity index is 1190. The monoisotopic (exact) mass is 448 g/mol. The third-order valence-electron chi connectivity index (χ3n) is 4.83. The van der Waals surface area contributed by atoms with Crippen molar-refractivity contribution in [3.63, 3.8) is 0 Å². The molecule has 4 aromatic rings. The number of nitrogens with zero attached hydrogens (tertiary/aromatic N) is 3. The van der Waals surface area contributed by atoms with Crippen molar-refractivity contribution in [3.05, 3.63) is 72.7 Å². The van der Waals surface area contributed by atoms with Crippen LogP contribution in [0.3, 0.4) is 0 Å². The summed E-state index contributed by atoms with van der Waals surface area (Å²) in [6, 6.07) is 19.0. The number of carbonyl (C=O) groups is 1. The highest BCUT2D eigenvalue weighted by atomic mass is 32.2. The number of anilines is 1. The van der Waals surface area contributed by atoms with E-state index >= 15 is 0 Å². The predicted molar refractivity (Wildman–Crippen MR) is 125 cm³/mol. The molecule has 7 nitrogen and oxygen atoms in total. The second-order valence-electron chi connectivity index (χ2n) is 7.07. The molecular weight excluding hydrogens is 424 g/mol. The zero-order chi connectivity index (χ0) is 22.5. The molecular formula is C24H24N4O3S. The van der Waals surface area contributed by atoms with Gasteiger partial charge in [-0.25, -0.2) is 0 Å². The smallest absolute Gasteiger partial charge is 0.237 e. The normalized spacial score (nSPS) is 11.8. The van der Waals surface area contributed by atoms with Crippen molar-refractivity contribution in [2.24, 2.45) is 0 Å². The lowest BCUT2D eigenvalue weighted by molar-refractivity contribution is -0.115. The molecule has 2 aromatic heterocycles. The number of benzene rings is 2. The first kappa shape index (κ1) is 21.7. The molecule has 1 N–H and O–H groups in total. The standard InChI is InChI=1S/C24H24N4O3S/c1-4-30-20-12-10-18(11-13-20)25-23(29)17(3)32-24-27-26-22(21-14-15-31-16(21)2)28(24)19-8-6-5-7-9-19/h5-15,17H,4H2,1-3H3,(H,25,29). The van der Waals surface area contributed by atoms with Crippen molar-refractivity contribution in [3.8, 4) is 22.8 Å². The number of aryl methyl sites for hydroxylation is 1. The van der Waals surface area contributed by atoms with E-state index in [9.17, 15) is 4.79 Å². The van der Waals surface area contributed by atoms with E-state index in [1.54, 1.807) is 6.26 Å². The number of thioether (sulfide) groups is 1. The van der Waals surface area contributed by atoms with Crippen LogP contribution in [0.25, 0.3) is 17.1 Å². The van der Waals surface area contributed by atoms with Crippen molar-refractivity contribution < 1.29 is 13.9 Å². The van der Waals surface area contributed by atoms with Gasteiger partial charge in [-0.05, 0) is 63.2 Å². The third kappa shape index (κ3) is 4.70. The SMILES string of the molecule is CCOc1ccc(NC(=O)C(C)Sc2nnc(-c3ccoc3C)n2-c2ccccc2)cc1. The minimum Gasteiger partial charge on any atom is -0.494 e. The Balaban J connectivity index is 1.56.